The van der Waals surface area contributed by atoms with E-state index in [9.17, 15) is 9.59 Å². The highest BCUT2D eigenvalue weighted by Gasteiger charge is 2.30. The Balaban J connectivity index is 1.75. The summed E-state index contributed by atoms with van der Waals surface area (Å²) in [6, 6.07) is 0.375. The molecular formula is C13H21NO3. The zero-order valence-electron chi connectivity index (χ0n) is 10.2. The molecular weight excluding hydrogens is 218 g/mol. The molecule has 2 N–H and O–H groups in total. The number of aliphatic carboxylic acids is 1. The number of rotatable bonds is 3. The summed E-state index contributed by atoms with van der Waals surface area (Å²) in [6.07, 6.45) is 7.42. The Morgan fingerprint density at radius 1 is 0.882 bits per heavy atom. The lowest BCUT2D eigenvalue weighted by atomic mass is 9.81. The fourth-order valence-corrected chi connectivity index (χ4v) is 2.99. The fraction of sp³-hybridized carbons (Fsp3) is 0.846. The van der Waals surface area contributed by atoms with Crippen molar-refractivity contribution < 1.29 is 14.7 Å². The van der Waals surface area contributed by atoms with Gasteiger partial charge in [0, 0.05) is 12.0 Å². The Kier molecular flexibility index (Phi) is 4.02. The average Bonchev–Trinajstić information content (AvgIpc) is 2.82. The standard InChI is InChI=1S/C13H21NO3/c15-12(14-11-3-1-2-4-11)9-5-7-10(8-6-9)13(16)17/h9-11H,1-8H2,(H,14,15)(H,16,17). The Morgan fingerprint density at radius 3 is 1.94 bits per heavy atom. The van der Waals surface area contributed by atoms with E-state index in [0.29, 0.717) is 18.9 Å². The summed E-state index contributed by atoms with van der Waals surface area (Å²) in [4.78, 5) is 22.8. The maximum atomic E-state index is 12.0. The Hall–Kier alpha value is -1.06. The van der Waals surface area contributed by atoms with E-state index in [0.717, 1.165) is 25.7 Å². The van der Waals surface area contributed by atoms with Crippen LogP contribution in [0.2, 0.25) is 0 Å². The predicted octanol–water partition coefficient (Wildman–Crippen LogP) is 1.94. The van der Waals surface area contributed by atoms with Crippen LogP contribution >= 0.6 is 0 Å². The van der Waals surface area contributed by atoms with E-state index in [1.807, 2.05) is 0 Å². The molecule has 0 aromatic rings. The second-order valence-electron chi connectivity index (χ2n) is 5.38. The smallest absolute Gasteiger partial charge is 0.306 e. The zero-order valence-corrected chi connectivity index (χ0v) is 10.2. The first kappa shape index (κ1) is 12.4. The molecule has 4 heteroatoms. The molecule has 96 valence electrons. The largest absolute Gasteiger partial charge is 0.481 e. The molecule has 0 aliphatic heterocycles. The van der Waals surface area contributed by atoms with Crippen LogP contribution < -0.4 is 5.32 Å². The predicted molar refractivity (Wildman–Crippen MR) is 63.5 cm³/mol. The van der Waals surface area contributed by atoms with E-state index in [2.05, 4.69) is 5.32 Å². The van der Waals surface area contributed by atoms with E-state index >= 15 is 0 Å². The van der Waals surface area contributed by atoms with Crippen molar-refractivity contribution in [3.63, 3.8) is 0 Å². The maximum Gasteiger partial charge on any atom is 0.306 e. The number of carbonyl (C=O) groups is 2. The van der Waals surface area contributed by atoms with Gasteiger partial charge >= 0.3 is 5.97 Å². The molecule has 0 heterocycles. The van der Waals surface area contributed by atoms with Gasteiger partial charge in [-0.15, -0.1) is 0 Å². The van der Waals surface area contributed by atoms with Crippen molar-refractivity contribution in [2.45, 2.75) is 57.4 Å². The van der Waals surface area contributed by atoms with E-state index < -0.39 is 5.97 Å². The van der Waals surface area contributed by atoms with Gasteiger partial charge in [0.2, 0.25) is 5.91 Å². The van der Waals surface area contributed by atoms with Crippen LogP contribution in [0, 0.1) is 11.8 Å². The van der Waals surface area contributed by atoms with Crippen molar-refractivity contribution in [2.24, 2.45) is 11.8 Å². The second-order valence-corrected chi connectivity index (χ2v) is 5.38. The van der Waals surface area contributed by atoms with Crippen LogP contribution in [0.5, 0.6) is 0 Å². The molecule has 2 fully saturated rings. The van der Waals surface area contributed by atoms with Gasteiger partial charge in [0.15, 0.2) is 0 Å². The van der Waals surface area contributed by atoms with Crippen molar-refractivity contribution in [3.05, 3.63) is 0 Å². The number of nitrogens with one attached hydrogen (secondary N) is 1. The van der Waals surface area contributed by atoms with Crippen molar-refractivity contribution >= 4 is 11.9 Å². The van der Waals surface area contributed by atoms with Crippen LogP contribution in [0.25, 0.3) is 0 Å². The molecule has 1 amide bonds. The van der Waals surface area contributed by atoms with Crippen molar-refractivity contribution in [1.29, 1.82) is 0 Å². The van der Waals surface area contributed by atoms with Crippen LogP contribution in [0.3, 0.4) is 0 Å². The fourth-order valence-electron chi connectivity index (χ4n) is 2.99. The van der Waals surface area contributed by atoms with Crippen molar-refractivity contribution in [3.8, 4) is 0 Å². The lowest BCUT2D eigenvalue weighted by molar-refractivity contribution is -0.144. The molecule has 0 unspecified atom stereocenters. The monoisotopic (exact) mass is 239 g/mol. The number of hydrogen-bond acceptors (Lipinski definition) is 2. The molecule has 2 rings (SSSR count). The SMILES string of the molecule is O=C(O)C1CCC(C(=O)NC2CCCC2)CC1. The first-order valence-corrected chi connectivity index (χ1v) is 6.70. The summed E-state index contributed by atoms with van der Waals surface area (Å²) in [5, 5.41) is 12.0. The molecule has 17 heavy (non-hydrogen) atoms. The maximum absolute atomic E-state index is 12.0. The molecule has 2 aliphatic rings. The molecule has 2 aliphatic carbocycles. The van der Waals surface area contributed by atoms with E-state index in [-0.39, 0.29) is 17.7 Å². The lowest BCUT2D eigenvalue weighted by Gasteiger charge is -2.26. The highest BCUT2D eigenvalue weighted by molar-refractivity contribution is 5.79. The Bertz CT molecular complexity index is 289. The van der Waals surface area contributed by atoms with E-state index in [1.165, 1.54) is 12.8 Å². The average molecular weight is 239 g/mol. The molecule has 2 saturated carbocycles. The zero-order chi connectivity index (χ0) is 12.3. The molecule has 4 nitrogen and oxygen atoms in total. The van der Waals surface area contributed by atoms with Crippen molar-refractivity contribution in [2.75, 3.05) is 0 Å². The van der Waals surface area contributed by atoms with Gasteiger partial charge in [-0.05, 0) is 38.5 Å². The van der Waals surface area contributed by atoms with Gasteiger partial charge in [0.05, 0.1) is 5.92 Å². The lowest BCUT2D eigenvalue weighted by Crippen LogP contribution is -2.39. The quantitative estimate of drug-likeness (QED) is 0.791. The van der Waals surface area contributed by atoms with Gasteiger partial charge in [-0.3, -0.25) is 9.59 Å². The third-order valence-corrected chi connectivity index (χ3v) is 4.15. The first-order chi connectivity index (χ1) is 8.16. The van der Waals surface area contributed by atoms with Crippen LogP contribution in [0.4, 0.5) is 0 Å². The molecule has 0 spiro atoms. The molecule has 0 atom stereocenters. The molecule has 0 aromatic carbocycles. The normalized spacial score (nSPS) is 30.1. The summed E-state index contributed by atoms with van der Waals surface area (Å²) in [5.41, 5.74) is 0. The van der Waals surface area contributed by atoms with Gasteiger partial charge in [-0.1, -0.05) is 12.8 Å². The highest BCUT2D eigenvalue weighted by Crippen LogP contribution is 2.29. The van der Waals surface area contributed by atoms with Crippen molar-refractivity contribution in [1.82, 2.24) is 5.32 Å². The number of carbonyl (C=O) groups excluding carboxylic acids is 1. The topological polar surface area (TPSA) is 66.4 Å². The summed E-state index contributed by atoms with van der Waals surface area (Å²) in [6.45, 7) is 0. The first-order valence-electron chi connectivity index (χ1n) is 6.70. The van der Waals surface area contributed by atoms with Gasteiger partial charge < -0.3 is 10.4 Å². The minimum Gasteiger partial charge on any atom is -0.481 e. The van der Waals surface area contributed by atoms with Crippen LogP contribution in [-0.2, 0) is 9.59 Å². The third-order valence-electron chi connectivity index (χ3n) is 4.15. The van der Waals surface area contributed by atoms with Gasteiger partial charge in [-0.2, -0.15) is 0 Å². The number of amides is 1. The van der Waals surface area contributed by atoms with Gasteiger partial charge in [-0.25, -0.2) is 0 Å². The minimum absolute atomic E-state index is 0.0474. The third kappa shape index (κ3) is 3.20. The van der Waals surface area contributed by atoms with Crippen LogP contribution in [0.1, 0.15) is 51.4 Å². The molecule has 0 bridgehead atoms. The molecule has 0 radical (unpaired) electrons. The second kappa shape index (κ2) is 5.52. The van der Waals surface area contributed by atoms with Crippen LogP contribution in [-0.4, -0.2) is 23.0 Å². The summed E-state index contributed by atoms with van der Waals surface area (Å²) in [7, 11) is 0. The van der Waals surface area contributed by atoms with Gasteiger partial charge in [0.1, 0.15) is 0 Å². The van der Waals surface area contributed by atoms with Crippen LogP contribution in [0.15, 0.2) is 0 Å². The number of carboxylic acids is 1. The van der Waals surface area contributed by atoms with Gasteiger partial charge in [0.25, 0.3) is 0 Å². The van der Waals surface area contributed by atoms with E-state index in [4.69, 9.17) is 5.11 Å². The Morgan fingerprint density at radius 2 is 1.41 bits per heavy atom. The molecule has 0 saturated heterocycles. The molecule has 0 aromatic heterocycles. The highest BCUT2D eigenvalue weighted by atomic mass is 16.4. The summed E-state index contributed by atoms with van der Waals surface area (Å²) >= 11 is 0. The van der Waals surface area contributed by atoms with E-state index in [1.54, 1.807) is 0 Å². The summed E-state index contributed by atoms with van der Waals surface area (Å²) in [5.74, 6) is -0.739. The Labute approximate surface area is 102 Å². The summed E-state index contributed by atoms with van der Waals surface area (Å²) < 4.78 is 0. The number of carboxylic acid groups (broad SMARTS) is 1. The number of hydrogen-bond donors (Lipinski definition) is 2. The minimum atomic E-state index is -0.709.